The van der Waals surface area contributed by atoms with Gasteiger partial charge in [0.15, 0.2) is 0 Å². The van der Waals surface area contributed by atoms with E-state index in [1.165, 1.54) is 16.0 Å². The smallest absolute Gasteiger partial charge is 0.437 e. The summed E-state index contributed by atoms with van der Waals surface area (Å²) in [4.78, 5) is 16.0. The van der Waals surface area contributed by atoms with Gasteiger partial charge >= 0.3 is 11.3 Å². The SMILES string of the molecule is COc1ccc(-[n+]2[nH]oc(=O)c2-c2csc([S-])n2)cc1. The minimum Gasteiger partial charge on any atom is -0.497 e. The molecule has 0 bridgehead atoms. The highest BCUT2D eigenvalue weighted by Crippen LogP contribution is 2.18. The van der Waals surface area contributed by atoms with Crippen LogP contribution in [0.3, 0.4) is 0 Å². The molecule has 0 unspecified atom stereocenters. The van der Waals surface area contributed by atoms with Crippen molar-refractivity contribution in [3.63, 3.8) is 0 Å². The minimum absolute atomic E-state index is 0.308. The molecule has 1 aromatic carbocycles. The number of H-pyrrole nitrogens is 1. The second kappa shape index (κ2) is 5.06. The molecule has 20 heavy (non-hydrogen) atoms. The molecule has 3 aromatic rings. The molecular formula is C12H9N3O3S2. The first-order valence-electron chi connectivity index (χ1n) is 5.60. The standard InChI is InChI=1S/C12H9N3O3S2/c1-17-8-4-2-7(3-5-8)15-10(11(16)18-14-15)9-6-20-12(19)13-9/h2-6H,1H3,(H-,13,14,16,19). The first-order chi connectivity index (χ1) is 9.69. The largest absolute Gasteiger partial charge is 0.497 e. The van der Waals surface area contributed by atoms with Crippen LogP contribution in [0.2, 0.25) is 0 Å². The third-order valence-electron chi connectivity index (χ3n) is 2.70. The summed E-state index contributed by atoms with van der Waals surface area (Å²) in [5.74, 6) is 0.725. The van der Waals surface area contributed by atoms with Gasteiger partial charge in [0.25, 0.3) is 0 Å². The summed E-state index contributed by atoms with van der Waals surface area (Å²) >= 11 is 6.28. The molecule has 102 valence electrons. The zero-order valence-electron chi connectivity index (χ0n) is 10.3. The fraction of sp³-hybridized carbons (Fsp3) is 0.0833. The van der Waals surface area contributed by atoms with Crippen molar-refractivity contribution in [3.05, 3.63) is 40.1 Å². The molecule has 2 heterocycles. The highest BCUT2D eigenvalue weighted by Gasteiger charge is 2.26. The van der Waals surface area contributed by atoms with Crippen molar-refractivity contribution in [2.24, 2.45) is 0 Å². The van der Waals surface area contributed by atoms with Gasteiger partial charge in [-0.3, -0.25) is 9.51 Å². The van der Waals surface area contributed by atoms with Crippen molar-refractivity contribution in [1.82, 2.24) is 10.3 Å². The fourth-order valence-electron chi connectivity index (χ4n) is 1.77. The highest BCUT2D eigenvalue weighted by molar-refractivity contribution is 7.62. The Labute approximate surface area is 123 Å². The third-order valence-corrected chi connectivity index (χ3v) is 3.72. The number of nitrogens with zero attached hydrogens (tertiary/aromatic N) is 2. The summed E-state index contributed by atoms with van der Waals surface area (Å²) in [5.41, 5.74) is 1.03. The van der Waals surface area contributed by atoms with Gasteiger partial charge in [-0.2, -0.15) is 0 Å². The lowest BCUT2D eigenvalue weighted by molar-refractivity contribution is -0.660. The number of benzene rings is 1. The van der Waals surface area contributed by atoms with Gasteiger partial charge in [-0.1, -0.05) is 5.38 Å². The second-order valence-electron chi connectivity index (χ2n) is 3.86. The van der Waals surface area contributed by atoms with Crippen LogP contribution in [0.25, 0.3) is 17.1 Å². The Morgan fingerprint density at radius 3 is 2.75 bits per heavy atom. The first-order valence-corrected chi connectivity index (χ1v) is 6.88. The molecule has 0 aliphatic carbocycles. The van der Waals surface area contributed by atoms with Gasteiger partial charge in [-0.25, -0.2) is 4.79 Å². The Morgan fingerprint density at radius 2 is 2.15 bits per heavy atom. The van der Waals surface area contributed by atoms with E-state index in [4.69, 9.17) is 21.9 Å². The van der Waals surface area contributed by atoms with E-state index in [0.29, 0.717) is 15.7 Å². The average Bonchev–Trinajstić information content (AvgIpc) is 3.05. The van der Waals surface area contributed by atoms with Crippen molar-refractivity contribution >= 4 is 24.0 Å². The Balaban J connectivity index is 2.12. The zero-order valence-corrected chi connectivity index (χ0v) is 12.0. The lowest BCUT2D eigenvalue weighted by Gasteiger charge is -1.97. The molecule has 0 atom stereocenters. The van der Waals surface area contributed by atoms with Crippen LogP contribution in [0.5, 0.6) is 5.75 Å². The topological polar surface area (TPSA) is 72.0 Å². The van der Waals surface area contributed by atoms with Crippen LogP contribution in [0.4, 0.5) is 0 Å². The summed E-state index contributed by atoms with van der Waals surface area (Å²) in [6, 6.07) is 7.18. The third kappa shape index (κ3) is 2.19. The maximum absolute atomic E-state index is 11.8. The number of hydrogen-bond acceptors (Lipinski definition) is 6. The Bertz CT molecular complexity index is 789. The van der Waals surface area contributed by atoms with Gasteiger partial charge in [0.05, 0.1) is 7.11 Å². The van der Waals surface area contributed by atoms with Crippen molar-refractivity contribution in [2.75, 3.05) is 7.11 Å². The van der Waals surface area contributed by atoms with Gasteiger partial charge in [0, 0.05) is 12.1 Å². The lowest BCUT2D eigenvalue weighted by atomic mass is 10.3. The Hall–Kier alpha value is -2.19. The number of hydrogen-bond donors (Lipinski definition) is 1. The van der Waals surface area contributed by atoms with E-state index in [9.17, 15) is 4.79 Å². The van der Waals surface area contributed by atoms with Crippen LogP contribution in [-0.4, -0.2) is 17.4 Å². The van der Waals surface area contributed by atoms with Crippen LogP contribution >= 0.6 is 11.3 Å². The van der Waals surface area contributed by atoms with Gasteiger partial charge in [0.2, 0.25) is 5.69 Å². The number of methoxy groups -OCH3 is 1. The maximum atomic E-state index is 11.8. The summed E-state index contributed by atoms with van der Waals surface area (Å²) in [5, 5.41) is 4.28. The van der Waals surface area contributed by atoms with Gasteiger partial charge in [-0.05, 0) is 26.4 Å². The second-order valence-corrected chi connectivity index (χ2v) is 5.36. The van der Waals surface area contributed by atoms with E-state index in [0.717, 1.165) is 11.4 Å². The maximum Gasteiger partial charge on any atom is 0.437 e. The van der Waals surface area contributed by atoms with E-state index in [2.05, 4.69) is 10.3 Å². The summed E-state index contributed by atoms with van der Waals surface area (Å²) < 4.78 is 11.9. The number of aromatic amines is 1. The molecule has 0 saturated carbocycles. The molecule has 0 aliphatic heterocycles. The summed E-state index contributed by atoms with van der Waals surface area (Å²) in [6.45, 7) is 0. The molecule has 1 N–H and O–H groups in total. The number of ether oxygens (including phenoxy) is 1. The monoisotopic (exact) mass is 307 g/mol. The van der Waals surface area contributed by atoms with Crippen LogP contribution < -0.4 is 15.0 Å². The van der Waals surface area contributed by atoms with Crippen LogP contribution in [0, 0.1) is 0 Å². The summed E-state index contributed by atoms with van der Waals surface area (Å²) in [6.07, 6.45) is 0. The van der Waals surface area contributed by atoms with Crippen molar-refractivity contribution in [2.45, 2.75) is 4.34 Å². The first kappa shape index (κ1) is 12.8. The zero-order chi connectivity index (χ0) is 14.1. The summed E-state index contributed by atoms with van der Waals surface area (Å²) in [7, 11) is 1.59. The molecule has 0 fully saturated rings. The van der Waals surface area contributed by atoms with Gasteiger partial charge in [-0.15, -0.1) is 0 Å². The fourth-order valence-corrected chi connectivity index (χ4v) is 2.54. The van der Waals surface area contributed by atoms with E-state index in [1.54, 1.807) is 36.8 Å². The molecule has 0 radical (unpaired) electrons. The molecule has 0 aliphatic rings. The van der Waals surface area contributed by atoms with Crippen LogP contribution in [0.1, 0.15) is 0 Å². The van der Waals surface area contributed by atoms with E-state index in [-0.39, 0.29) is 0 Å². The minimum atomic E-state index is -0.499. The average molecular weight is 307 g/mol. The molecule has 2 aromatic heterocycles. The number of rotatable bonds is 3. The molecule has 0 amide bonds. The van der Waals surface area contributed by atoms with E-state index < -0.39 is 5.63 Å². The molecule has 6 nitrogen and oxygen atoms in total. The molecule has 8 heteroatoms. The van der Waals surface area contributed by atoms with Gasteiger partial charge < -0.3 is 28.7 Å². The van der Waals surface area contributed by atoms with Crippen molar-refractivity contribution in [1.29, 1.82) is 0 Å². The lowest BCUT2D eigenvalue weighted by Crippen LogP contribution is -2.36. The number of nitrogens with one attached hydrogen (secondary N) is 1. The number of thiazole rings is 1. The normalized spacial score (nSPS) is 10.7. The van der Waals surface area contributed by atoms with E-state index >= 15 is 0 Å². The highest BCUT2D eigenvalue weighted by atomic mass is 32.2. The van der Waals surface area contributed by atoms with Crippen molar-refractivity contribution in [3.8, 4) is 22.8 Å². The Kier molecular flexibility index (Phi) is 3.25. The predicted molar refractivity (Wildman–Crippen MR) is 74.2 cm³/mol. The van der Waals surface area contributed by atoms with Crippen LogP contribution in [-0.2, 0) is 12.6 Å². The predicted octanol–water partition coefficient (Wildman–Crippen LogP) is 1.28. The van der Waals surface area contributed by atoms with Crippen molar-refractivity contribution < 1.29 is 13.9 Å². The molecule has 0 spiro atoms. The quantitative estimate of drug-likeness (QED) is 0.583. The molecular weight excluding hydrogens is 298 g/mol. The van der Waals surface area contributed by atoms with E-state index in [1.807, 2.05) is 0 Å². The Morgan fingerprint density at radius 1 is 1.40 bits per heavy atom. The van der Waals surface area contributed by atoms with Crippen LogP contribution in [0.15, 0.2) is 43.3 Å². The molecule has 0 saturated heterocycles. The number of aromatic nitrogens is 3. The van der Waals surface area contributed by atoms with Gasteiger partial charge in [0.1, 0.15) is 11.4 Å². The molecule has 3 rings (SSSR count).